The fourth-order valence-electron chi connectivity index (χ4n) is 2.59. The first-order valence-electron chi connectivity index (χ1n) is 7.91. The van der Waals surface area contributed by atoms with E-state index in [9.17, 15) is 18.3 Å². The van der Waals surface area contributed by atoms with Gasteiger partial charge in [-0.25, -0.2) is 17.7 Å². The highest BCUT2D eigenvalue weighted by Crippen LogP contribution is 2.24. The molecular weight excluding hydrogens is 384 g/mol. The Labute approximate surface area is 159 Å². The molecule has 0 bridgehead atoms. The summed E-state index contributed by atoms with van der Waals surface area (Å²) in [5.74, 6) is -0.856. The number of halogens is 1. The molecule has 1 aromatic heterocycles. The number of hydrogen-bond acceptors (Lipinski definition) is 7. The fraction of sp³-hybridized carbons (Fsp3) is 0.600. The molecule has 11 heteroatoms. The Hall–Kier alpha value is -1.46. The number of sulfonamides is 1. The summed E-state index contributed by atoms with van der Waals surface area (Å²) in [4.78, 5) is 18.2. The molecule has 2 rings (SSSR count). The molecule has 0 aliphatic carbocycles. The minimum atomic E-state index is -3.47. The number of carbonyl (C=O) groups is 1. The number of carbonyl (C=O) groups excluding carboxylic acids is 1. The van der Waals surface area contributed by atoms with Gasteiger partial charge in [0.05, 0.1) is 11.9 Å². The van der Waals surface area contributed by atoms with Crippen molar-refractivity contribution in [3.63, 3.8) is 0 Å². The van der Waals surface area contributed by atoms with Gasteiger partial charge in [-0.05, 0) is 12.1 Å². The Morgan fingerprint density at radius 3 is 2.77 bits per heavy atom. The lowest BCUT2D eigenvalue weighted by molar-refractivity contribution is 0.0754. The van der Waals surface area contributed by atoms with Crippen LogP contribution in [0.1, 0.15) is 10.5 Å². The zero-order valence-electron chi connectivity index (χ0n) is 14.7. The van der Waals surface area contributed by atoms with Gasteiger partial charge in [0, 0.05) is 45.8 Å². The van der Waals surface area contributed by atoms with Gasteiger partial charge < -0.3 is 20.5 Å². The van der Waals surface area contributed by atoms with Gasteiger partial charge in [-0.1, -0.05) is 0 Å². The molecule has 0 radical (unpaired) electrons. The number of nitrogens with two attached hydrogens (primary N) is 1. The molecule has 1 aromatic rings. The van der Waals surface area contributed by atoms with Crippen LogP contribution in [0, 0.1) is 5.92 Å². The molecule has 1 aliphatic rings. The molecule has 2 heterocycles. The van der Waals surface area contributed by atoms with Crippen molar-refractivity contribution in [2.75, 3.05) is 46.1 Å². The van der Waals surface area contributed by atoms with Gasteiger partial charge >= 0.3 is 0 Å². The zero-order valence-corrected chi connectivity index (χ0v) is 16.4. The number of rotatable bonds is 7. The van der Waals surface area contributed by atoms with Crippen molar-refractivity contribution < 1.29 is 23.1 Å². The molecule has 0 aromatic carbocycles. The lowest BCUT2D eigenvalue weighted by Gasteiger charge is -2.18. The van der Waals surface area contributed by atoms with E-state index in [1.165, 1.54) is 25.2 Å². The zero-order chi connectivity index (χ0) is 18.6. The van der Waals surface area contributed by atoms with Crippen LogP contribution in [0.3, 0.4) is 0 Å². The highest BCUT2D eigenvalue weighted by atomic mass is 35.5. The van der Waals surface area contributed by atoms with Crippen LogP contribution in [-0.4, -0.2) is 85.8 Å². The van der Waals surface area contributed by atoms with Crippen LogP contribution in [-0.2, 0) is 10.0 Å². The molecule has 0 unspecified atom stereocenters. The van der Waals surface area contributed by atoms with Crippen molar-refractivity contribution in [3.05, 3.63) is 24.0 Å². The number of ether oxygens (including phenoxy) is 1. The monoisotopic (exact) mass is 408 g/mol. The molecule has 1 amide bonds. The van der Waals surface area contributed by atoms with E-state index in [1.54, 1.807) is 12.1 Å². The van der Waals surface area contributed by atoms with Gasteiger partial charge in [0.15, 0.2) is 11.4 Å². The Balaban J connectivity index is 0.00000338. The fourth-order valence-corrected chi connectivity index (χ4v) is 3.76. The molecule has 0 saturated carbocycles. The minimum Gasteiger partial charge on any atom is -0.490 e. The van der Waals surface area contributed by atoms with Crippen LogP contribution >= 0.6 is 12.4 Å². The molecule has 1 aliphatic heterocycles. The van der Waals surface area contributed by atoms with Crippen LogP contribution in [0.2, 0.25) is 0 Å². The van der Waals surface area contributed by atoms with E-state index < -0.39 is 28.0 Å². The van der Waals surface area contributed by atoms with Crippen LogP contribution in [0.5, 0.6) is 5.75 Å². The maximum atomic E-state index is 12.7. The summed E-state index contributed by atoms with van der Waals surface area (Å²) >= 11 is 0. The van der Waals surface area contributed by atoms with Gasteiger partial charge in [-0.2, -0.15) is 0 Å². The summed E-state index contributed by atoms with van der Waals surface area (Å²) in [5, 5.41) is 10.2. The van der Waals surface area contributed by atoms with Gasteiger partial charge in [0.2, 0.25) is 10.0 Å². The molecule has 9 nitrogen and oxygen atoms in total. The summed E-state index contributed by atoms with van der Waals surface area (Å²) < 4.78 is 30.6. The topological polar surface area (TPSA) is 126 Å². The quantitative estimate of drug-likeness (QED) is 0.602. The lowest BCUT2D eigenvalue weighted by Crippen LogP contribution is -2.34. The van der Waals surface area contributed by atoms with Crippen LogP contribution in [0.4, 0.5) is 0 Å². The first-order valence-corrected chi connectivity index (χ1v) is 9.52. The molecule has 0 spiro atoms. The van der Waals surface area contributed by atoms with Crippen LogP contribution < -0.4 is 10.5 Å². The molecule has 26 heavy (non-hydrogen) atoms. The Morgan fingerprint density at radius 2 is 2.15 bits per heavy atom. The second kappa shape index (κ2) is 9.47. The van der Waals surface area contributed by atoms with E-state index in [4.69, 9.17) is 10.5 Å². The van der Waals surface area contributed by atoms with Crippen molar-refractivity contribution >= 4 is 28.3 Å². The lowest BCUT2D eigenvalue weighted by atomic mass is 10.1. The summed E-state index contributed by atoms with van der Waals surface area (Å²) in [7, 11) is -0.589. The normalized spacial score (nSPS) is 20.1. The van der Waals surface area contributed by atoms with Gasteiger partial charge in [0.1, 0.15) is 6.61 Å². The molecule has 3 N–H and O–H groups in total. The number of aliphatic hydroxyl groups is 1. The second-order valence-corrected chi connectivity index (χ2v) is 8.31. The summed E-state index contributed by atoms with van der Waals surface area (Å²) in [6.45, 7) is 0.743. The van der Waals surface area contributed by atoms with E-state index in [2.05, 4.69) is 4.98 Å². The maximum Gasteiger partial charge on any atom is 0.276 e. The Kier molecular flexibility index (Phi) is 8.22. The molecule has 148 valence electrons. The SMILES string of the molecule is CN(C)S(=O)(=O)C[C@@H]1CN(C(=O)c2ncccc2OCCN)C[C@H]1O.Cl. The highest BCUT2D eigenvalue weighted by Gasteiger charge is 2.38. The van der Waals surface area contributed by atoms with E-state index in [-0.39, 0.29) is 43.6 Å². The second-order valence-electron chi connectivity index (χ2n) is 6.09. The summed E-state index contributed by atoms with van der Waals surface area (Å²) in [6.07, 6.45) is 0.569. The molecule has 2 atom stereocenters. The number of aliphatic hydroxyl groups excluding tert-OH is 1. The average Bonchev–Trinajstić information content (AvgIpc) is 2.92. The number of pyridine rings is 1. The molecular formula is C15H25ClN4O5S. The van der Waals surface area contributed by atoms with Crippen molar-refractivity contribution in [2.45, 2.75) is 6.10 Å². The standard InChI is InChI=1S/C15H24N4O5S.ClH/c1-18(2)25(22,23)10-11-8-19(9-12(11)20)15(21)14-13(24-7-5-16)4-3-6-17-14;/h3-4,6,11-12,20H,5,7-10,16H2,1-2H3;1H/t11-,12+;/m0./s1. The minimum absolute atomic E-state index is 0. The van der Waals surface area contributed by atoms with Crippen molar-refractivity contribution in [1.29, 1.82) is 0 Å². The number of amides is 1. The Bertz CT molecular complexity index is 716. The third kappa shape index (κ3) is 5.27. The molecule has 1 saturated heterocycles. The van der Waals surface area contributed by atoms with Crippen LogP contribution in [0.25, 0.3) is 0 Å². The number of hydrogen-bond donors (Lipinski definition) is 2. The van der Waals surface area contributed by atoms with Crippen LogP contribution in [0.15, 0.2) is 18.3 Å². The van der Waals surface area contributed by atoms with E-state index in [0.717, 1.165) is 4.31 Å². The largest absolute Gasteiger partial charge is 0.490 e. The Morgan fingerprint density at radius 1 is 1.46 bits per heavy atom. The first-order chi connectivity index (χ1) is 11.8. The first kappa shape index (κ1) is 22.6. The number of nitrogens with zero attached hydrogens (tertiary/aromatic N) is 3. The third-order valence-corrected chi connectivity index (χ3v) is 5.99. The van der Waals surface area contributed by atoms with Crippen molar-refractivity contribution in [1.82, 2.24) is 14.2 Å². The van der Waals surface area contributed by atoms with Crippen molar-refractivity contribution in [2.24, 2.45) is 11.7 Å². The maximum absolute atomic E-state index is 12.7. The highest BCUT2D eigenvalue weighted by molar-refractivity contribution is 7.89. The number of likely N-dealkylation sites (tertiary alicyclic amines) is 1. The van der Waals surface area contributed by atoms with Gasteiger partial charge in [-0.3, -0.25) is 4.79 Å². The smallest absolute Gasteiger partial charge is 0.276 e. The van der Waals surface area contributed by atoms with E-state index in [1.807, 2.05) is 0 Å². The van der Waals surface area contributed by atoms with Gasteiger partial charge in [0.25, 0.3) is 5.91 Å². The van der Waals surface area contributed by atoms with E-state index >= 15 is 0 Å². The predicted molar refractivity (Wildman–Crippen MR) is 98.9 cm³/mol. The van der Waals surface area contributed by atoms with Crippen molar-refractivity contribution in [3.8, 4) is 5.75 Å². The average molecular weight is 409 g/mol. The summed E-state index contributed by atoms with van der Waals surface area (Å²) in [6, 6.07) is 3.27. The van der Waals surface area contributed by atoms with E-state index in [0.29, 0.717) is 12.3 Å². The molecule has 1 fully saturated rings. The number of β-amino-alcohol motifs (C(OH)–C–C–N with tert-alkyl or cyclic N) is 1. The number of aromatic nitrogens is 1. The third-order valence-electron chi connectivity index (χ3n) is 4.02. The predicted octanol–water partition coefficient (Wildman–Crippen LogP) is -0.835. The van der Waals surface area contributed by atoms with Gasteiger partial charge in [-0.15, -0.1) is 12.4 Å². The summed E-state index contributed by atoms with van der Waals surface area (Å²) in [5.41, 5.74) is 5.53.